The maximum atomic E-state index is 5.83. The van der Waals surface area contributed by atoms with E-state index in [4.69, 9.17) is 9.47 Å². The van der Waals surface area contributed by atoms with Crippen LogP contribution in [-0.4, -0.2) is 62.0 Å². The number of guanidine groups is 1. The van der Waals surface area contributed by atoms with E-state index in [1.165, 1.54) is 11.1 Å². The second kappa shape index (κ2) is 11.5. The fraction of sp³-hybridized carbons (Fsp3) is 0.682. The minimum Gasteiger partial charge on any atom is -0.373 e. The molecule has 2 aliphatic heterocycles. The van der Waals surface area contributed by atoms with Crippen molar-refractivity contribution in [2.24, 2.45) is 4.99 Å². The summed E-state index contributed by atoms with van der Waals surface area (Å²) in [5.41, 5.74) is 2.52. The van der Waals surface area contributed by atoms with Gasteiger partial charge in [-0.05, 0) is 44.7 Å². The molecular formula is C22H37IN4O2. The molecule has 3 atom stereocenters. The van der Waals surface area contributed by atoms with Crippen LogP contribution in [-0.2, 0) is 22.6 Å². The van der Waals surface area contributed by atoms with Crippen molar-refractivity contribution in [1.29, 1.82) is 0 Å². The van der Waals surface area contributed by atoms with Crippen LogP contribution in [0.1, 0.15) is 44.7 Å². The van der Waals surface area contributed by atoms with Crippen molar-refractivity contribution in [3.05, 3.63) is 35.4 Å². The van der Waals surface area contributed by atoms with E-state index < -0.39 is 0 Å². The highest BCUT2D eigenvalue weighted by molar-refractivity contribution is 14.0. The van der Waals surface area contributed by atoms with E-state index in [1.807, 2.05) is 0 Å². The minimum atomic E-state index is -0.0756. The zero-order valence-electron chi connectivity index (χ0n) is 18.2. The SMILES string of the molecule is CN=C(NCc1ccc(CN2CC(C)OC(C)C2)cc1)NCC1(C)CCCO1.I. The molecule has 1 aromatic rings. The number of rotatable bonds is 6. The van der Waals surface area contributed by atoms with Gasteiger partial charge >= 0.3 is 0 Å². The van der Waals surface area contributed by atoms with Gasteiger partial charge in [-0.3, -0.25) is 9.89 Å². The lowest BCUT2D eigenvalue weighted by Gasteiger charge is -2.35. The first kappa shape index (κ1) is 24.4. The van der Waals surface area contributed by atoms with Gasteiger partial charge in [0.15, 0.2) is 5.96 Å². The van der Waals surface area contributed by atoms with E-state index in [9.17, 15) is 0 Å². The van der Waals surface area contributed by atoms with Gasteiger partial charge < -0.3 is 20.1 Å². The van der Waals surface area contributed by atoms with Gasteiger partial charge in [-0.2, -0.15) is 0 Å². The van der Waals surface area contributed by atoms with Crippen LogP contribution in [0.4, 0.5) is 0 Å². The smallest absolute Gasteiger partial charge is 0.191 e. The molecule has 0 saturated carbocycles. The molecule has 1 aromatic carbocycles. The summed E-state index contributed by atoms with van der Waals surface area (Å²) in [6.45, 7) is 11.8. The third-order valence-corrected chi connectivity index (χ3v) is 5.54. The summed E-state index contributed by atoms with van der Waals surface area (Å²) < 4.78 is 11.7. The predicted octanol–water partition coefficient (Wildman–Crippen LogP) is 3.15. The first-order valence-electron chi connectivity index (χ1n) is 10.5. The molecule has 3 unspecified atom stereocenters. The summed E-state index contributed by atoms with van der Waals surface area (Å²) >= 11 is 0. The third kappa shape index (κ3) is 7.70. The number of hydrogen-bond acceptors (Lipinski definition) is 4. The summed E-state index contributed by atoms with van der Waals surface area (Å²) in [5, 5.41) is 6.79. The summed E-state index contributed by atoms with van der Waals surface area (Å²) in [6, 6.07) is 8.85. The van der Waals surface area contributed by atoms with Gasteiger partial charge in [0.05, 0.1) is 17.8 Å². The Morgan fingerprint density at radius 3 is 2.38 bits per heavy atom. The second-order valence-corrected chi connectivity index (χ2v) is 8.45. The maximum absolute atomic E-state index is 5.83. The zero-order chi connectivity index (χ0) is 20.0. The molecule has 3 rings (SSSR count). The lowest BCUT2D eigenvalue weighted by molar-refractivity contribution is -0.0704. The summed E-state index contributed by atoms with van der Waals surface area (Å²) in [5.74, 6) is 0.817. The standard InChI is InChI=1S/C22H36N4O2.HI/c1-17-13-26(14-18(2)28-17)15-20-8-6-19(7-9-20)12-24-21(23-4)25-16-22(3)10-5-11-27-22;/h6-9,17-18H,5,10-16H2,1-4H3,(H2,23,24,25);1H. The van der Waals surface area contributed by atoms with Gasteiger partial charge in [0.25, 0.3) is 0 Å². The molecule has 2 fully saturated rings. The van der Waals surface area contributed by atoms with Crippen LogP contribution in [0.15, 0.2) is 29.3 Å². The van der Waals surface area contributed by atoms with Gasteiger partial charge in [0.1, 0.15) is 0 Å². The van der Waals surface area contributed by atoms with Gasteiger partial charge in [-0.25, -0.2) is 0 Å². The molecule has 6 nitrogen and oxygen atoms in total. The van der Waals surface area contributed by atoms with Crippen molar-refractivity contribution in [2.45, 2.75) is 64.5 Å². The Hall–Kier alpha value is -0.900. The Balaban J connectivity index is 0.00000300. The van der Waals surface area contributed by atoms with Crippen molar-refractivity contribution >= 4 is 29.9 Å². The Morgan fingerprint density at radius 2 is 1.79 bits per heavy atom. The van der Waals surface area contributed by atoms with E-state index in [1.54, 1.807) is 7.05 Å². The Bertz CT molecular complexity index is 637. The van der Waals surface area contributed by atoms with Crippen LogP contribution in [0.25, 0.3) is 0 Å². The molecule has 0 bridgehead atoms. The molecule has 7 heteroatoms. The summed E-state index contributed by atoms with van der Waals surface area (Å²) in [6.07, 6.45) is 2.85. The van der Waals surface area contributed by atoms with Gasteiger partial charge in [0.2, 0.25) is 0 Å². The normalized spacial score (nSPS) is 28.1. The van der Waals surface area contributed by atoms with Crippen molar-refractivity contribution in [1.82, 2.24) is 15.5 Å². The fourth-order valence-corrected chi connectivity index (χ4v) is 4.09. The summed E-state index contributed by atoms with van der Waals surface area (Å²) in [4.78, 5) is 6.80. The van der Waals surface area contributed by atoms with E-state index in [0.29, 0.717) is 12.2 Å². The van der Waals surface area contributed by atoms with Crippen LogP contribution in [0.5, 0.6) is 0 Å². The zero-order valence-corrected chi connectivity index (χ0v) is 20.6. The van der Waals surface area contributed by atoms with Crippen LogP contribution in [0.3, 0.4) is 0 Å². The molecule has 2 saturated heterocycles. The maximum Gasteiger partial charge on any atom is 0.191 e. The number of halogens is 1. The average Bonchev–Trinajstić information content (AvgIpc) is 3.09. The number of ether oxygens (including phenoxy) is 2. The molecule has 164 valence electrons. The monoisotopic (exact) mass is 516 g/mol. The number of nitrogens with one attached hydrogen (secondary N) is 2. The molecule has 0 radical (unpaired) electrons. The Kier molecular flexibility index (Phi) is 9.65. The van der Waals surface area contributed by atoms with Crippen molar-refractivity contribution in [2.75, 3.05) is 33.3 Å². The lowest BCUT2D eigenvalue weighted by atomic mass is 10.0. The van der Waals surface area contributed by atoms with Crippen molar-refractivity contribution in [3.63, 3.8) is 0 Å². The van der Waals surface area contributed by atoms with Crippen LogP contribution >= 0.6 is 24.0 Å². The van der Waals surface area contributed by atoms with Gasteiger partial charge in [-0.1, -0.05) is 24.3 Å². The first-order chi connectivity index (χ1) is 13.5. The number of hydrogen-bond donors (Lipinski definition) is 2. The largest absolute Gasteiger partial charge is 0.373 e. The van der Waals surface area contributed by atoms with Gasteiger partial charge in [0, 0.05) is 46.4 Å². The molecule has 2 aliphatic rings. The molecule has 29 heavy (non-hydrogen) atoms. The third-order valence-electron chi connectivity index (χ3n) is 5.54. The van der Waals surface area contributed by atoms with E-state index in [0.717, 1.165) is 58.1 Å². The van der Waals surface area contributed by atoms with Crippen molar-refractivity contribution in [3.8, 4) is 0 Å². The Labute approximate surface area is 192 Å². The highest BCUT2D eigenvalue weighted by Gasteiger charge is 2.29. The number of aliphatic imine (C=N–C) groups is 1. The highest BCUT2D eigenvalue weighted by atomic mass is 127. The molecule has 0 aromatic heterocycles. The lowest BCUT2D eigenvalue weighted by Crippen LogP contribution is -2.45. The molecule has 2 N–H and O–H groups in total. The molecule has 2 heterocycles. The Morgan fingerprint density at radius 1 is 1.14 bits per heavy atom. The van der Waals surface area contributed by atoms with Gasteiger partial charge in [-0.15, -0.1) is 24.0 Å². The number of morpholine rings is 1. The molecule has 0 amide bonds. The first-order valence-corrected chi connectivity index (χ1v) is 10.5. The van der Waals surface area contributed by atoms with Crippen LogP contribution in [0, 0.1) is 0 Å². The summed E-state index contributed by atoms with van der Waals surface area (Å²) in [7, 11) is 1.81. The topological polar surface area (TPSA) is 58.1 Å². The van der Waals surface area contributed by atoms with Crippen molar-refractivity contribution < 1.29 is 9.47 Å². The predicted molar refractivity (Wildman–Crippen MR) is 129 cm³/mol. The van der Waals surface area contributed by atoms with Crippen LogP contribution in [0.2, 0.25) is 0 Å². The average molecular weight is 516 g/mol. The molecular weight excluding hydrogens is 479 g/mol. The van der Waals surface area contributed by atoms with E-state index >= 15 is 0 Å². The van der Waals surface area contributed by atoms with Crippen LogP contribution < -0.4 is 10.6 Å². The fourth-order valence-electron chi connectivity index (χ4n) is 4.09. The van der Waals surface area contributed by atoms with E-state index in [2.05, 4.69) is 65.6 Å². The number of nitrogens with zero attached hydrogens (tertiary/aromatic N) is 2. The number of benzene rings is 1. The van der Waals surface area contributed by atoms with E-state index in [-0.39, 0.29) is 29.6 Å². The molecule has 0 aliphatic carbocycles. The minimum absolute atomic E-state index is 0. The highest BCUT2D eigenvalue weighted by Crippen LogP contribution is 2.23. The quantitative estimate of drug-likeness (QED) is 0.346. The second-order valence-electron chi connectivity index (χ2n) is 8.45. The molecule has 0 spiro atoms.